The van der Waals surface area contributed by atoms with E-state index in [0.717, 1.165) is 6.07 Å². The Labute approximate surface area is 227 Å². The topological polar surface area (TPSA) is 169 Å². The minimum Gasteiger partial charge on any atom is -0.508 e. The summed E-state index contributed by atoms with van der Waals surface area (Å²) in [4.78, 5) is 0. The smallest absolute Gasteiger partial charge is 0.305 e. The van der Waals surface area contributed by atoms with E-state index in [1.54, 1.807) is 18.2 Å². The SMILES string of the molecule is Oc1ccc([C@H]2Oc3cc4c(c(O)c3C[C@H]2O)[C@H]2c3c(O)cc(O)cc3O[C@@](c3ccc(O)cc3)(O4)[C@@H]2O)cc1. The summed E-state index contributed by atoms with van der Waals surface area (Å²) in [5.74, 6) is -3.44. The second-order valence-electron chi connectivity index (χ2n) is 10.2. The summed E-state index contributed by atoms with van der Waals surface area (Å²) in [6.45, 7) is 0. The Morgan fingerprint density at radius 2 is 1.30 bits per heavy atom. The molecule has 0 unspecified atom stereocenters. The van der Waals surface area contributed by atoms with Crippen LogP contribution in [0.25, 0.3) is 0 Å². The average Bonchev–Trinajstić information content (AvgIpc) is 2.90. The first-order chi connectivity index (χ1) is 19.2. The number of aromatic hydroxyl groups is 5. The molecule has 0 spiro atoms. The number of fused-ring (bicyclic) bond motifs is 7. The van der Waals surface area contributed by atoms with Crippen molar-refractivity contribution in [2.24, 2.45) is 0 Å². The first kappa shape index (κ1) is 24.3. The van der Waals surface area contributed by atoms with Gasteiger partial charge < -0.3 is 50.0 Å². The maximum Gasteiger partial charge on any atom is 0.305 e. The van der Waals surface area contributed by atoms with Crippen molar-refractivity contribution in [2.75, 3.05) is 0 Å². The van der Waals surface area contributed by atoms with Gasteiger partial charge in [-0.3, -0.25) is 0 Å². The first-order valence-corrected chi connectivity index (χ1v) is 12.6. The molecule has 0 fully saturated rings. The fourth-order valence-corrected chi connectivity index (χ4v) is 5.98. The van der Waals surface area contributed by atoms with Gasteiger partial charge in [-0.1, -0.05) is 12.1 Å². The third-order valence-corrected chi connectivity index (χ3v) is 7.83. The van der Waals surface area contributed by atoms with E-state index < -0.39 is 30.0 Å². The number of phenolic OH excluding ortho intramolecular Hbond substituents is 5. The van der Waals surface area contributed by atoms with Gasteiger partial charge in [0.15, 0.2) is 0 Å². The minimum absolute atomic E-state index is 0.0107. The number of ether oxygens (including phenoxy) is 3. The number of phenols is 5. The fourth-order valence-electron chi connectivity index (χ4n) is 5.98. The molecule has 3 aliphatic rings. The second-order valence-corrected chi connectivity index (χ2v) is 10.2. The molecule has 7 rings (SSSR count). The summed E-state index contributed by atoms with van der Waals surface area (Å²) in [6.07, 6.45) is -3.32. The summed E-state index contributed by atoms with van der Waals surface area (Å²) in [6, 6.07) is 16.0. The zero-order valence-electron chi connectivity index (χ0n) is 20.7. The predicted octanol–water partition coefficient (Wildman–Crippen LogP) is 3.38. The molecular formula is C30H24O10. The largest absolute Gasteiger partial charge is 0.508 e. The number of aliphatic hydroxyl groups is 2. The van der Waals surface area contributed by atoms with Gasteiger partial charge in [-0.2, -0.15) is 0 Å². The first-order valence-electron chi connectivity index (χ1n) is 12.6. The van der Waals surface area contributed by atoms with Crippen molar-refractivity contribution >= 4 is 0 Å². The third kappa shape index (κ3) is 3.36. The van der Waals surface area contributed by atoms with Gasteiger partial charge in [-0.15, -0.1) is 0 Å². The fraction of sp³-hybridized carbons (Fsp3) is 0.200. The molecule has 2 bridgehead atoms. The molecule has 4 aromatic rings. The van der Waals surface area contributed by atoms with Crippen molar-refractivity contribution in [1.82, 2.24) is 0 Å². The maximum atomic E-state index is 11.7. The highest BCUT2D eigenvalue weighted by molar-refractivity contribution is 5.67. The Bertz CT molecular complexity index is 1650. The maximum absolute atomic E-state index is 11.7. The van der Waals surface area contributed by atoms with Crippen LogP contribution in [-0.4, -0.2) is 48.0 Å². The molecule has 204 valence electrons. The molecule has 5 atom stereocenters. The summed E-state index contributed by atoms with van der Waals surface area (Å²) in [5.41, 5.74) is 1.53. The lowest BCUT2D eigenvalue weighted by Gasteiger charge is -2.50. The number of benzene rings is 4. The molecule has 7 N–H and O–H groups in total. The third-order valence-electron chi connectivity index (χ3n) is 7.83. The van der Waals surface area contributed by atoms with Crippen LogP contribution >= 0.6 is 0 Å². The van der Waals surface area contributed by atoms with E-state index in [1.807, 2.05) is 0 Å². The zero-order chi connectivity index (χ0) is 27.9. The van der Waals surface area contributed by atoms with Crippen LogP contribution in [0.3, 0.4) is 0 Å². The van der Waals surface area contributed by atoms with E-state index in [4.69, 9.17) is 14.2 Å². The standard InChI is InChI=1S/C30H24O10/c31-15-5-1-13(2-6-15)28-20(35)11-18-21(38-28)12-23-25(27(18)36)26-24-19(34)9-17(33)10-22(24)39-30(40-23,29(26)37)14-3-7-16(32)8-4-14/h1-10,12,20,26,28-29,31-37H,11H2/t20-,26-,28-,29-,30+/m1/s1. The van der Waals surface area contributed by atoms with Gasteiger partial charge >= 0.3 is 5.79 Å². The van der Waals surface area contributed by atoms with Crippen LogP contribution in [0.4, 0.5) is 0 Å². The van der Waals surface area contributed by atoms with Gasteiger partial charge in [0.05, 0.1) is 12.0 Å². The molecule has 3 aliphatic heterocycles. The van der Waals surface area contributed by atoms with Crippen molar-refractivity contribution < 1.29 is 50.0 Å². The van der Waals surface area contributed by atoms with Gasteiger partial charge in [0.1, 0.15) is 58.2 Å². The molecule has 10 heteroatoms. The Morgan fingerprint density at radius 1 is 0.675 bits per heavy atom. The molecule has 0 aromatic heterocycles. The highest BCUT2D eigenvalue weighted by atomic mass is 16.7. The van der Waals surface area contributed by atoms with Crippen molar-refractivity contribution in [3.8, 4) is 46.0 Å². The molecule has 4 aromatic carbocycles. The van der Waals surface area contributed by atoms with E-state index >= 15 is 0 Å². The van der Waals surface area contributed by atoms with Crippen LogP contribution < -0.4 is 14.2 Å². The van der Waals surface area contributed by atoms with Crippen LogP contribution in [0, 0.1) is 0 Å². The summed E-state index contributed by atoms with van der Waals surface area (Å²) in [5, 5.41) is 74.8. The molecule has 0 aliphatic carbocycles. The van der Waals surface area contributed by atoms with Crippen molar-refractivity contribution in [3.63, 3.8) is 0 Å². The minimum atomic E-state index is -1.89. The van der Waals surface area contributed by atoms with E-state index in [-0.39, 0.29) is 63.5 Å². The number of rotatable bonds is 2. The molecular weight excluding hydrogens is 520 g/mol. The quantitative estimate of drug-likeness (QED) is 0.199. The number of hydrogen-bond donors (Lipinski definition) is 7. The zero-order valence-corrected chi connectivity index (χ0v) is 20.7. The summed E-state index contributed by atoms with van der Waals surface area (Å²) < 4.78 is 18.7. The lowest BCUT2D eigenvalue weighted by atomic mass is 9.74. The molecule has 0 radical (unpaired) electrons. The molecule has 3 heterocycles. The van der Waals surface area contributed by atoms with Crippen molar-refractivity contribution in [3.05, 3.63) is 94.5 Å². The Balaban J connectivity index is 1.43. The van der Waals surface area contributed by atoms with Crippen LogP contribution in [0.5, 0.6) is 46.0 Å². The van der Waals surface area contributed by atoms with Crippen LogP contribution in [0.1, 0.15) is 39.8 Å². The van der Waals surface area contributed by atoms with Crippen LogP contribution in [-0.2, 0) is 12.2 Å². The van der Waals surface area contributed by atoms with Crippen molar-refractivity contribution in [1.29, 1.82) is 0 Å². The lowest BCUT2D eigenvalue weighted by Crippen LogP contribution is -2.57. The van der Waals surface area contributed by atoms with Gasteiger partial charge in [-0.05, 0) is 42.0 Å². The second kappa shape index (κ2) is 8.35. The lowest BCUT2D eigenvalue weighted by molar-refractivity contribution is -0.218. The van der Waals surface area contributed by atoms with Crippen molar-refractivity contribution in [2.45, 2.75) is 36.4 Å². The Kier molecular flexibility index (Phi) is 5.06. The molecule has 0 saturated carbocycles. The predicted molar refractivity (Wildman–Crippen MR) is 138 cm³/mol. The van der Waals surface area contributed by atoms with Gasteiger partial charge in [-0.25, -0.2) is 0 Å². The number of hydrogen-bond acceptors (Lipinski definition) is 10. The molecule has 40 heavy (non-hydrogen) atoms. The van der Waals surface area contributed by atoms with E-state index in [0.29, 0.717) is 16.7 Å². The van der Waals surface area contributed by atoms with Crippen LogP contribution in [0.2, 0.25) is 0 Å². The van der Waals surface area contributed by atoms with Crippen LogP contribution in [0.15, 0.2) is 66.7 Å². The Hall–Kier alpha value is -4.80. The summed E-state index contributed by atoms with van der Waals surface area (Å²) >= 11 is 0. The van der Waals surface area contributed by atoms with Gasteiger partial charge in [0.25, 0.3) is 0 Å². The highest BCUT2D eigenvalue weighted by Crippen LogP contribution is 2.61. The Morgan fingerprint density at radius 3 is 1.98 bits per heavy atom. The molecule has 10 nitrogen and oxygen atoms in total. The number of aliphatic hydroxyl groups excluding tert-OH is 2. The van der Waals surface area contributed by atoms with E-state index in [1.165, 1.54) is 42.5 Å². The molecule has 0 saturated heterocycles. The monoisotopic (exact) mass is 544 g/mol. The van der Waals surface area contributed by atoms with E-state index in [9.17, 15) is 35.7 Å². The van der Waals surface area contributed by atoms with Gasteiger partial charge in [0, 0.05) is 46.9 Å². The molecule has 0 amide bonds. The summed E-state index contributed by atoms with van der Waals surface area (Å²) in [7, 11) is 0. The highest BCUT2D eigenvalue weighted by Gasteiger charge is 2.59. The average molecular weight is 545 g/mol. The normalized spacial score (nSPS) is 25.9. The van der Waals surface area contributed by atoms with Gasteiger partial charge in [0.2, 0.25) is 0 Å². The van der Waals surface area contributed by atoms with E-state index in [2.05, 4.69) is 0 Å².